The molecule has 1 saturated carbocycles. The molecule has 1 fully saturated rings. The summed E-state index contributed by atoms with van der Waals surface area (Å²) in [7, 11) is 0. The molecule has 0 aromatic heterocycles. The van der Waals surface area contributed by atoms with Crippen LogP contribution >= 0.6 is 0 Å². The number of aryl methyl sites for hydroxylation is 2. The second-order valence-corrected chi connectivity index (χ2v) is 7.27. The van der Waals surface area contributed by atoms with E-state index < -0.39 is 11.7 Å². The molecule has 1 N–H and O–H groups in total. The topological polar surface area (TPSA) is 38.3 Å². The summed E-state index contributed by atoms with van der Waals surface area (Å²) in [5.41, 5.74) is 2.91. The number of amides is 1. The van der Waals surface area contributed by atoms with Gasteiger partial charge in [-0.2, -0.15) is 13.2 Å². The number of nitrogens with one attached hydrogen (secondary N) is 1. The summed E-state index contributed by atoms with van der Waals surface area (Å²) in [6, 6.07) is 8.14. The maximum absolute atomic E-state index is 13.5. The molecule has 3 nitrogen and oxygen atoms in total. The van der Waals surface area contributed by atoms with Crippen molar-refractivity contribution < 1.29 is 22.7 Å². The summed E-state index contributed by atoms with van der Waals surface area (Å²) >= 11 is 0. The number of carbonyl (C=O) groups is 1. The van der Waals surface area contributed by atoms with Gasteiger partial charge in [-0.15, -0.1) is 0 Å². The Morgan fingerprint density at radius 1 is 1.18 bits per heavy atom. The van der Waals surface area contributed by atoms with Gasteiger partial charge < -0.3 is 10.1 Å². The standard InChI is InChI=1S/C22H24F3NO2/c1-4-21(27)26-19-7-5-6-16(15-8-9-15)17(19)12-28-20-11-14(3)13(2)10-18(20)22(23,24)25/h5-7,10-11,15H,4,8-9,12H2,1-3H3,(H,26,27). The number of anilines is 1. The largest absolute Gasteiger partial charge is 0.488 e. The Kier molecular flexibility index (Phi) is 5.68. The Bertz CT molecular complexity index is 886. The Morgan fingerprint density at radius 3 is 2.46 bits per heavy atom. The predicted molar refractivity (Wildman–Crippen MR) is 103 cm³/mol. The van der Waals surface area contributed by atoms with Gasteiger partial charge in [-0.25, -0.2) is 0 Å². The van der Waals surface area contributed by atoms with E-state index in [2.05, 4.69) is 5.32 Å². The maximum Gasteiger partial charge on any atom is 0.419 e. The zero-order valence-corrected chi connectivity index (χ0v) is 16.2. The van der Waals surface area contributed by atoms with Crippen LogP contribution in [0, 0.1) is 13.8 Å². The number of halogens is 3. The Morgan fingerprint density at radius 2 is 1.86 bits per heavy atom. The van der Waals surface area contributed by atoms with Gasteiger partial charge >= 0.3 is 6.18 Å². The summed E-state index contributed by atoms with van der Waals surface area (Å²) in [6.07, 6.45) is -2.10. The summed E-state index contributed by atoms with van der Waals surface area (Å²) < 4.78 is 46.1. The molecule has 0 aliphatic heterocycles. The van der Waals surface area contributed by atoms with Crippen LogP contribution in [0.2, 0.25) is 0 Å². The summed E-state index contributed by atoms with van der Waals surface area (Å²) in [5.74, 6) is 0.0456. The van der Waals surface area contributed by atoms with Crippen LogP contribution in [0.15, 0.2) is 30.3 Å². The fourth-order valence-corrected chi connectivity index (χ4v) is 3.18. The van der Waals surface area contributed by atoms with Gasteiger partial charge in [0.2, 0.25) is 5.91 Å². The van der Waals surface area contributed by atoms with Crippen molar-refractivity contribution in [1.29, 1.82) is 0 Å². The fraction of sp³-hybridized carbons (Fsp3) is 0.409. The first-order valence-corrected chi connectivity index (χ1v) is 9.43. The molecule has 0 spiro atoms. The molecule has 0 atom stereocenters. The van der Waals surface area contributed by atoms with Gasteiger partial charge in [0.15, 0.2) is 0 Å². The molecule has 3 rings (SSSR count). The van der Waals surface area contributed by atoms with Crippen molar-refractivity contribution in [3.05, 3.63) is 58.1 Å². The van der Waals surface area contributed by atoms with E-state index >= 15 is 0 Å². The van der Waals surface area contributed by atoms with Crippen LogP contribution in [0.4, 0.5) is 18.9 Å². The van der Waals surface area contributed by atoms with Gasteiger partial charge in [0.25, 0.3) is 0 Å². The van der Waals surface area contributed by atoms with Crippen molar-refractivity contribution in [2.24, 2.45) is 0 Å². The lowest BCUT2D eigenvalue weighted by Gasteiger charge is -2.19. The summed E-state index contributed by atoms with van der Waals surface area (Å²) in [6.45, 7) is 5.13. The van der Waals surface area contributed by atoms with Gasteiger partial charge in [-0.3, -0.25) is 4.79 Å². The Labute approximate surface area is 162 Å². The summed E-state index contributed by atoms with van der Waals surface area (Å²) in [5, 5.41) is 2.84. The van der Waals surface area contributed by atoms with E-state index in [4.69, 9.17) is 4.74 Å². The van der Waals surface area contributed by atoms with Crippen LogP contribution in [-0.4, -0.2) is 5.91 Å². The lowest BCUT2D eigenvalue weighted by molar-refractivity contribution is -0.139. The van der Waals surface area contributed by atoms with E-state index in [0.717, 1.165) is 35.6 Å². The zero-order valence-electron chi connectivity index (χ0n) is 16.2. The predicted octanol–water partition coefficient (Wildman–Crippen LogP) is 6.13. The molecular formula is C22H24F3NO2. The summed E-state index contributed by atoms with van der Waals surface area (Å²) in [4.78, 5) is 11.9. The monoisotopic (exact) mass is 391 g/mol. The molecule has 0 unspecified atom stereocenters. The number of hydrogen-bond acceptors (Lipinski definition) is 2. The lowest BCUT2D eigenvalue weighted by atomic mass is 10.0. The molecule has 1 aliphatic carbocycles. The highest BCUT2D eigenvalue weighted by Crippen LogP contribution is 2.44. The number of hydrogen-bond donors (Lipinski definition) is 1. The van der Waals surface area contributed by atoms with E-state index in [1.54, 1.807) is 26.8 Å². The smallest absolute Gasteiger partial charge is 0.419 e. The van der Waals surface area contributed by atoms with Gasteiger partial charge in [-0.1, -0.05) is 19.1 Å². The van der Waals surface area contributed by atoms with Crippen molar-refractivity contribution in [2.45, 2.75) is 58.7 Å². The maximum atomic E-state index is 13.5. The molecule has 0 radical (unpaired) electrons. The first-order chi connectivity index (χ1) is 13.2. The van der Waals surface area contributed by atoms with Crippen molar-refractivity contribution in [3.63, 3.8) is 0 Å². The number of rotatable bonds is 6. The third-order valence-corrected chi connectivity index (χ3v) is 5.10. The van der Waals surface area contributed by atoms with Crippen LogP contribution in [0.5, 0.6) is 5.75 Å². The molecule has 2 aromatic carbocycles. The normalized spacial score (nSPS) is 14.1. The van der Waals surface area contributed by atoms with Gasteiger partial charge in [0.05, 0.1) is 5.56 Å². The van der Waals surface area contributed by atoms with Crippen LogP contribution in [-0.2, 0) is 17.6 Å². The van der Waals surface area contributed by atoms with Crippen molar-refractivity contribution >= 4 is 11.6 Å². The van der Waals surface area contributed by atoms with Crippen molar-refractivity contribution in [2.75, 3.05) is 5.32 Å². The minimum Gasteiger partial charge on any atom is -0.488 e. The highest BCUT2D eigenvalue weighted by molar-refractivity contribution is 5.91. The van der Waals surface area contributed by atoms with Crippen molar-refractivity contribution in [3.8, 4) is 5.75 Å². The number of alkyl halides is 3. The van der Waals surface area contributed by atoms with Gasteiger partial charge in [-0.05, 0) is 67.5 Å². The third kappa shape index (κ3) is 4.49. The average Bonchev–Trinajstić information content (AvgIpc) is 3.46. The molecule has 150 valence electrons. The molecular weight excluding hydrogens is 367 g/mol. The number of benzene rings is 2. The average molecular weight is 391 g/mol. The minimum atomic E-state index is -4.50. The van der Waals surface area contributed by atoms with E-state index in [-0.39, 0.29) is 18.3 Å². The first-order valence-electron chi connectivity index (χ1n) is 9.43. The van der Waals surface area contributed by atoms with Crippen molar-refractivity contribution in [1.82, 2.24) is 0 Å². The zero-order chi connectivity index (χ0) is 20.5. The molecule has 28 heavy (non-hydrogen) atoms. The second kappa shape index (κ2) is 7.86. The van der Waals surface area contributed by atoms with Gasteiger partial charge in [0, 0.05) is 17.7 Å². The molecule has 0 heterocycles. The molecule has 6 heteroatoms. The second-order valence-electron chi connectivity index (χ2n) is 7.27. The van der Waals surface area contributed by atoms with Crippen LogP contribution in [0.25, 0.3) is 0 Å². The van der Waals surface area contributed by atoms with E-state index in [0.29, 0.717) is 23.6 Å². The molecule has 1 aliphatic rings. The Balaban J connectivity index is 1.94. The third-order valence-electron chi connectivity index (χ3n) is 5.10. The molecule has 2 aromatic rings. The Hall–Kier alpha value is -2.50. The molecule has 1 amide bonds. The van der Waals surface area contributed by atoms with E-state index in [1.165, 1.54) is 6.07 Å². The van der Waals surface area contributed by atoms with Crippen LogP contribution < -0.4 is 10.1 Å². The first kappa shape index (κ1) is 20.2. The minimum absolute atomic E-state index is 0.0302. The highest BCUT2D eigenvalue weighted by atomic mass is 19.4. The van der Waals surface area contributed by atoms with Crippen LogP contribution in [0.1, 0.15) is 59.9 Å². The lowest BCUT2D eigenvalue weighted by Crippen LogP contribution is -2.14. The fourth-order valence-electron chi connectivity index (χ4n) is 3.18. The number of ether oxygens (including phenoxy) is 1. The van der Waals surface area contributed by atoms with Gasteiger partial charge in [0.1, 0.15) is 12.4 Å². The SMILES string of the molecule is CCC(=O)Nc1cccc(C2CC2)c1COc1cc(C)c(C)cc1C(F)(F)F. The highest BCUT2D eigenvalue weighted by Gasteiger charge is 2.35. The molecule has 0 saturated heterocycles. The van der Waals surface area contributed by atoms with E-state index in [1.807, 2.05) is 12.1 Å². The quantitative estimate of drug-likeness (QED) is 0.643. The number of carbonyl (C=O) groups excluding carboxylic acids is 1. The van der Waals surface area contributed by atoms with E-state index in [9.17, 15) is 18.0 Å². The van der Waals surface area contributed by atoms with Crippen LogP contribution in [0.3, 0.4) is 0 Å². The molecule has 0 bridgehead atoms.